The third kappa shape index (κ3) is 3.62. The fourth-order valence-corrected chi connectivity index (χ4v) is 3.52. The minimum absolute atomic E-state index is 0.314. The van der Waals surface area contributed by atoms with Crippen LogP contribution in [0.25, 0.3) is 0 Å². The second-order valence-corrected chi connectivity index (χ2v) is 6.06. The number of phenolic OH excluding ortho intramolecular Hbond substituents is 2. The Balaban J connectivity index is 2.27. The normalized spacial score (nSPS) is 15.2. The van der Waals surface area contributed by atoms with Gasteiger partial charge in [-0.1, -0.05) is 51.5 Å². The first-order valence-corrected chi connectivity index (χ1v) is 8.14. The van der Waals surface area contributed by atoms with Gasteiger partial charge in [-0.2, -0.15) is 0 Å². The van der Waals surface area contributed by atoms with Crippen LogP contribution in [0.1, 0.15) is 56.6 Å². The second kappa shape index (κ2) is 7.35. The lowest BCUT2D eigenvalue weighted by atomic mass is 9.73. The molecule has 2 aromatic carbocycles. The summed E-state index contributed by atoms with van der Waals surface area (Å²) < 4.78 is 0. The molecule has 0 bridgehead atoms. The predicted molar refractivity (Wildman–Crippen MR) is 91.4 cm³/mol. The molecule has 118 valence electrons. The maximum atomic E-state index is 9.50. The van der Waals surface area contributed by atoms with E-state index in [1.54, 1.807) is 24.3 Å². The Kier molecular flexibility index (Phi) is 5.48. The molecule has 0 saturated heterocycles. The van der Waals surface area contributed by atoms with E-state index in [2.05, 4.69) is 20.8 Å². The highest BCUT2D eigenvalue weighted by atomic mass is 16.3. The number of rotatable bonds is 6. The molecule has 0 unspecified atom stereocenters. The smallest absolute Gasteiger partial charge is 0.115 e. The van der Waals surface area contributed by atoms with Gasteiger partial charge in [0, 0.05) is 0 Å². The zero-order valence-electron chi connectivity index (χ0n) is 13.7. The zero-order valence-corrected chi connectivity index (χ0v) is 13.7. The first-order chi connectivity index (χ1) is 10.6. The maximum Gasteiger partial charge on any atom is 0.115 e. The van der Waals surface area contributed by atoms with Crippen LogP contribution in [-0.4, -0.2) is 10.2 Å². The molecular weight excluding hydrogens is 272 g/mol. The first-order valence-electron chi connectivity index (χ1n) is 8.14. The van der Waals surface area contributed by atoms with Gasteiger partial charge >= 0.3 is 0 Å². The van der Waals surface area contributed by atoms with Gasteiger partial charge in [-0.15, -0.1) is 0 Å². The SMILES string of the molecule is CC[C@@H]([C@H](C)c1ccc(O)cc1)[C@H](CC)c1ccc(O)cc1. The molecule has 2 aromatic rings. The highest BCUT2D eigenvalue weighted by molar-refractivity contribution is 5.31. The quantitative estimate of drug-likeness (QED) is 0.747. The van der Waals surface area contributed by atoms with Crippen LogP contribution in [0.2, 0.25) is 0 Å². The molecule has 0 aliphatic carbocycles. The molecule has 22 heavy (non-hydrogen) atoms. The largest absolute Gasteiger partial charge is 0.508 e. The molecule has 2 rings (SSSR count). The van der Waals surface area contributed by atoms with E-state index >= 15 is 0 Å². The van der Waals surface area contributed by atoms with Gasteiger partial charge in [0.05, 0.1) is 0 Å². The van der Waals surface area contributed by atoms with Crippen LogP contribution >= 0.6 is 0 Å². The van der Waals surface area contributed by atoms with Crippen molar-refractivity contribution in [2.24, 2.45) is 5.92 Å². The Labute approximate surface area is 133 Å². The Morgan fingerprint density at radius 1 is 0.727 bits per heavy atom. The lowest BCUT2D eigenvalue weighted by Gasteiger charge is -2.31. The van der Waals surface area contributed by atoms with Crippen molar-refractivity contribution in [1.29, 1.82) is 0 Å². The van der Waals surface area contributed by atoms with Crippen LogP contribution in [0.15, 0.2) is 48.5 Å². The fourth-order valence-electron chi connectivity index (χ4n) is 3.52. The van der Waals surface area contributed by atoms with Gasteiger partial charge in [0.1, 0.15) is 11.5 Å². The lowest BCUT2D eigenvalue weighted by Crippen LogP contribution is -2.18. The predicted octanol–water partition coefficient (Wildman–Crippen LogP) is 5.42. The summed E-state index contributed by atoms with van der Waals surface area (Å²) >= 11 is 0. The summed E-state index contributed by atoms with van der Waals surface area (Å²) in [6.45, 7) is 6.73. The van der Waals surface area contributed by atoms with Gasteiger partial charge in [0.25, 0.3) is 0 Å². The summed E-state index contributed by atoms with van der Waals surface area (Å²) in [7, 11) is 0. The minimum Gasteiger partial charge on any atom is -0.508 e. The van der Waals surface area contributed by atoms with Crippen molar-refractivity contribution in [2.75, 3.05) is 0 Å². The standard InChI is InChI=1S/C20H26O2/c1-4-19(14(3)15-6-10-17(21)11-7-15)20(5-2)16-8-12-18(22)13-9-16/h6-14,19-22H,4-5H2,1-3H3/t14-,19+,20-/m1/s1. The monoisotopic (exact) mass is 298 g/mol. The van der Waals surface area contributed by atoms with Crippen LogP contribution < -0.4 is 0 Å². The van der Waals surface area contributed by atoms with E-state index in [1.807, 2.05) is 24.3 Å². The van der Waals surface area contributed by atoms with E-state index in [0.29, 0.717) is 29.3 Å². The Bertz CT molecular complexity index is 572. The van der Waals surface area contributed by atoms with Crippen LogP contribution in [0.5, 0.6) is 11.5 Å². The third-order valence-electron chi connectivity index (χ3n) is 4.81. The molecule has 2 heteroatoms. The Hall–Kier alpha value is -1.96. The summed E-state index contributed by atoms with van der Waals surface area (Å²) in [5.74, 6) is 2.05. The minimum atomic E-state index is 0.314. The molecular formula is C20H26O2. The molecule has 0 aliphatic rings. The molecule has 0 aromatic heterocycles. The Morgan fingerprint density at radius 3 is 1.59 bits per heavy atom. The van der Waals surface area contributed by atoms with Crippen molar-refractivity contribution in [3.05, 3.63) is 59.7 Å². The van der Waals surface area contributed by atoms with Crippen molar-refractivity contribution in [1.82, 2.24) is 0 Å². The van der Waals surface area contributed by atoms with E-state index in [1.165, 1.54) is 11.1 Å². The zero-order chi connectivity index (χ0) is 16.1. The van der Waals surface area contributed by atoms with Gasteiger partial charge in [-0.05, 0) is 59.6 Å². The molecule has 0 radical (unpaired) electrons. The summed E-state index contributed by atoms with van der Waals surface area (Å²) in [6, 6.07) is 15.2. The van der Waals surface area contributed by atoms with Crippen LogP contribution in [0, 0.1) is 5.92 Å². The van der Waals surface area contributed by atoms with Gasteiger partial charge in [-0.25, -0.2) is 0 Å². The molecule has 0 amide bonds. The van der Waals surface area contributed by atoms with E-state index in [9.17, 15) is 10.2 Å². The van der Waals surface area contributed by atoms with E-state index in [4.69, 9.17) is 0 Å². The molecule has 0 heterocycles. The summed E-state index contributed by atoms with van der Waals surface area (Å²) in [4.78, 5) is 0. The lowest BCUT2D eigenvalue weighted by molar-refractivity contribution is 0.345. The number of phenols is 2. The number of benzene rings is 2. The topological polar surface area (TPSA) is 40.5 Å². The molecule has 0 aliphatic heterocycles. The van der Waals surface area contributed by atoms with Crippen LogP contribution in [0.4, 0.5) is 0 Å². The molecule has 0 saturated carbocycles. The van der Waals surface area contributed by atoms with Crippen molar-refractivity contribution in [3.63, 3.8) is 0 Å². The average Bonchev–Trinajstić information content (AvgIpc) is 2.53. The Morgan fingerprint density at radius 2 is 1.18 bits per heavy atom. The highest BCUT2D eigenvalue weighted by Gasteiger charge is 2.26. The number of hydrogen-bond acceptors (Lipinski definition) is 2. The number of hydrogen-bond donors (Lipinski definition) is 2. The van der Waals surface area contributed by atoms with E-state index in [0.717, 1.165) is 12.8 Å². The highest BCUT2D eigenvalue weighted by Crippen LogP contribution is 2.40. The summed E-state index contributed by atoms with van der Waals surface area (Å²) in [5.41, 5.74) is 2.56. The summed E-state index contributed by atoms with van der Waals surface area (Å²) in [5, 5.41) is 19.0. The third-order valence-corrected chi connectivity index (χ3v) is 4.81. The van der Waals surface area contributed by atoms with Crippen molar-refractivity contribution in [2.45, 2.75) is 45.4 Å². The number of aromatic hydroxyl groups is 2. The van der Waals surface area contributed by atoms with Gasteiger partial charge in [-0.3, -0.25) is 0 Å². The van der Waals surface area contributed by atoms with Gasteiger partial charge in [0.2, 0.25) is 0 Å². The summed E-state index contributed by atoms with van der Waals surface area (Å²) in [6.07, 6.45) is 2.17. The fraction of sp³-hybridized carbons (Fsp3) is 0.400. The van der Waals surface area contributed by atoms with Crippen molar-refractivity contribution < 1.29 is 10.2 Å². The molecule has 0 fully saturated rings. The molecule has 2 nitrogen and oxygen atoms in total. The average molecular weight is 298 g/mol. The van der Waals surface area contributed by atoms with E-state index in [-0.39, 0.29) is 0 Å². The van der Waals surface area contributed by atoms with Crippen molar-refractivity contribution >= 4 is 0 Å². The first kappa shape index (κ1) is 16.4. The molecule has 2 N–H and O–H groups in total. The molecule has 3 atom stereocenters. The van der Waals surface area contributed by atoms with Gasteiger partial charge in [0.15, 0.2) is 0 Å². The van der Waals surface area contributed by atoms with Crippen LogP contribution in [-0.2, 0) is 0 Å². The van der Waals surface area contributed by atoms with E-state index < -0.39 is 0 Å². The second-order valence-electron chi connectivity index (χ2n) is 6.06. The maximum absolute atomic E-state index is 9.50. The molecule has 0 spiro atoms. The van der Waals surface area contributed by atoms with Crippen molar-refractivity contribution in [3.8, 4) is 11.5 Å². The van der Waals surface area contributed by atoms with Crippen LogP contribution in [0.3, 0.4) is 0 Å². The van der Waals surface area contributed by atoms with Gasteiger partial charge < -0.3 is 10.2 Å².